The first-order valence-electron chi connectivity index (χ1n) is 7.22. The molecule has 23 heavy (non-hydrogen) atoms. The second kappa shape index (κ2) is 6.84. The van der Waals surface area contributed by atoms with Gasteiger partial charge in [0.25, 0.3) is 0 Å². The summed E-state index contributed by atoms with van der Waals surface area (Å²) in [6.07, 6.45) is 2.30. The van der Waals surface area contributed by atoms with Crippen molar-refractivity contribution in [3.05, 3.63) is 87.2 Å². The number of ether oxygens (including phenoxy) is 1. The van der Waals surface area contributed by atoms with Crippen LogP contribution in [-0.4, -0.2) is 0 Å². The minimum absolute atomic E-state index is 0.249. The molecule has 0 fully saturated rings. The van der Waals surface area contributed by atoms with E-state index in [4.69, 9.17) is 9.15 Å². The van der Waals surface area contributed by atoms with Gasteiger partial charge in [-0.2, -0.15) is 0 Å². The van der Waals surface area contributed by atoms with Crippen LogP contribution in [0.3, 0.4) is 0 Å². The van der Waals surface area contributed by atoms with Gasteiger partial charge < -0.3 is 9.15 Å². The molecule has 116 valence electrons. The number of benzene rings is 2. The molecule has 0 unspecified atom stereocenters. The van der Waals surface area contributed by atoms with Gasteiger partial charge in [0.15, 0.2) is 0 Å². The lowest BCUT2D eigenvalue weighted by molar-refractivity contribution is 0.287. The van der Waals surface area contributed by atoms with Gasteiger partial charge in [-0.25, -0.2) is 4.79 Å². The molecule has 0 spiro atoms. The van der Waals surface area contributed by atoms with E-state index in [0.717, 1.165) is 21.0 Å². The van der Waals surface area contributed by atoms with E-state index in [1.807, 2.05) is 42.5 Å². The van der Waals surface area contributed by atoms with Crippen LogP contribution in [0.4, 0.5) is 0 Å². The van der Waals surface area contributed by atoms with Gasteiger partial charge >= 0.3 is 5.63 Å². The molecule has 3 aromatic rings. The van der Waals surface area contributed by atoms with Crippen molar-refractivity contribution in [3.8, 4) is 5.75 Å². The first kappa shape index (κ1) is 15.6. The monoisotopic (exact) mass is 370 g/mol. The van der Waals surface area contributed by atoms with E-state index < -0.39 is 5.63 Å². The van der Waals surface area contributed by atoms with Gasteiger partial charge in [-0.05, 0) is 18.6 Å². The summed E-state index contributed by atoms with van der Waals surface area (Å²) in [7, 11) is 0. The van der Waals surface area contributed by atoms with Crippen LogP contribution in [0, 0.1) is 0 Å². The van der Waals surface area contributed by atoms with Crippen LogP contribution < -0.4 is 10.4 Å². The third kappa shape index (κ3) is 3.22. The van der Waals surface area contributed by atoms with Crippen molar-refractivity contribution in [2.45, 2.75) is 13.0 Å². The second-order valence-corrected chi connectivity index (χ2v) is 5.92. The van der Waals surface area contributed by atoms with Gasteiger partial charge in [-0.1, -0.05) is 58.4 Å². The van der Waals surface area contributed by atoms with E-state index in [-0.39, 0.29) is 12.4 Å². The van der Waals surface area contributed by atoms with Crippen LogP contribution in [0.15, 0.2) is 74.9 Å². The summed E-state index contributed by atoms with van der Waals surface area (Å²) in [6.45, 7) is 4.06. The van der Waals surface area contributed by atoms with Gasteiger partial charge in [-0.3, -0.25) is 0 Å². The second-order valence-electron chi connectivity index (χ2n) is 5.07. The molecule has 0 bridgehead atoms. The largest absolute Gasteiger partial charge is 0.481 e. The average Bonchev–Trinajstić information content (AvgIpc) is 2.56. The number of allylic oxidation sites excluding steroid dienone is 1. The molecular formula is C19H15BrO3. The van der Waals surface area contributed by atoms with E-state index >= 15 is 0 Å². The summed E-state index contributed by atoms with van der Waals surface area (Å²) in [5.41, 5.74) is 1.86. The summed E-state index contributed by atoms with van der Waals surface area (Å²) in [6, 6.07) is 15.2. The molecular weight excluding hydrogens is 356 g/mol. The van der Waals surface area contributed by atoms with Gasteiger partial charge in [0.05, 0.1) is 0 Å². The fourth-order valence-electron chi connectivity index (χ4n) is 2.46. The molecule has 1 aromatic heterocycles. The Hall–Kier alpha value is -2.33. The Morgan fingerprint density at radius 2 is 1.87 bits per heavy atom. The van der Waals surface area contributed by atoms with E-state index in [0.29, 0.717) is 12.0 Å². The third-order valence-corrected chi connectivity index (χ3v) is 4.33. The van der Waals surface area contributed by atoms with Crippen molar-refractivity contribution in [1.82, 2.24) is 0 Å². The Bertz CT molecular complexity index is 912. The molecule has 0 N–H and O–H groups in total. The average molecular weight is 371 g/mol. The molecule has 2 aromatic carbocycles. The molecule has 0 radical (unpaired) electrons. The molecule has 0 saturated heterocycles. The predicted octanol–water partition coefficient (Wildman–Crippen LogP) is 4.86. The van der Waals surface area contributed by atoms with Crippen molar-refractivity contribution in [2.75, 3.05) is 0 Å². The minimum Gasteiger partial charge on any atom is -0.481 e. The first-order valence-corrected chi connectivity index (χ1v) is 8.02. The minimum atomic E-state index is -0.465. The summed E-state index contributed by atoms with van der Waals surface area (Å²) in [5.74, 6) is 0.249. The SMILES string of the molecule is C=CCc1c(OCc2ccccc2Br)c(=O)oc2ccccc12. The van der Waals surface area contributed by atoms with Crippen LogP contribution >= 0.6 is 15.9 Å². The standard InChI is InChI=1S/C19H15BrO3/c1-2-7-15-14-9-4-6-11-17(14)23-19(21)18(15)22-12-13-8-3-5-10-16(13)20/h2-6,8-11H,1,7,12H2. The molecule has 3 rings (SSSR count). The maximum Gasteiger partial charge on any atom is 0.379 e. The number of fused-ring (bicyclic) bond motifs is 1. The number of hydrogen-bond acceptors (Lipinski definition) is 3. The Labute approximate surface area is 142 Å². The van der Waals surface area contributed by atoms with Crippen molar-refractivity contribution >= 4 is 26.9 Å². The number of rotatable bonds is 5. The van der Waals surface area contributed by atoms with Gasteiger partial charge in [0, 0.05) is 21.0 Å². The molecule has 0 aliphatic heterocycles. The zero-order valence-corrected chi connectivity index (χ0v) is 14.0. The number of halogens is 1. The summed E-state index contributed by atoms with van der Waals surface area (Å²) < 4.78 is 12.1. The zero-order valence-electron chi connectivity index (χ0n) is 12.4. The van der Waals surface area contributed by atoms with E-state index in [9.17, 15) is 4.79 Å². The predicted molar refractivity (Wildman–Crippen MR) is 94.9 cm³/mol. The number of para-hydroxylation sites is 1. The van der Waals surface area contributed by atoms with Crippen LogP contribution in [-0.2, 0) is 13.0 Å². The van der Waals surface area contributed by atoms with Crippen LogP contribution in [0.25, 0.3) is 11.0 Å². The highest BCUT2D eigenvalue weighted by Gasteiger charge is 2.15. The summed E-state index contributed by atoms with van der Waals surface area (Å²) in [4.78, 5) is 12.3. The van der Waals surface area contributed by atoms with Crippen molar-refractivity contribution in [2.24, 2.45) is 0 Å². The van der Waals surface area contributed by atoms with Gasteiger partial charge in [0.2, 0.25) is 5.75 Å². The van der Waals surface area contributed by atoms with Crippen LogP contribution in [0.1, 0.15) is 11.1 Å². The van der Waals surface area contributed by atoms with Crippen molar-refractivity contribution < 1.29 is 9.15 Å². The van der Waals surface area contributed by atoms with Gasteiger partial charge in [-0.15, -0.1) is 6.58 Å². The quantitative estimate of drug-likeness (QED) is 0.475. The fourth-order valence-corrected chi connectivity index (χ4v) is 2.85. The first-order chi connectivity index (χ1) is 11.2. The highest BCUT2D eigenvalue weighted by Crippen LogP contribution is 2.27. The molecule has 0 saturated carbocycles. The molecule has 0 aliphatic carbocycles. The molecule has 1 heterocycles. The Balaban J connectivity index is 2.04. The summed E-state index contributed by atoms with van der Waals surface area (Å²) >= 11 is 3.48. The van der Waals surface area contributed by atoms with Crippen molar-refractivity contribution in [3.63, 3.8) is 0 Å². The lowest BCUT2D eigenvalue weighted by Gasteiger charge is -2.12. The normalized spacial score (nSPS) is 10.7. The molecule has 3 nitrogen and oxygen atoms in total. The highest BCUT2D eigenvalue weighted by atomic mass is 79.9. The highest BCUT2D eigenvalue weighted by molar-refractivity contribution is 9.10. The maximum absolute atomic E-state index is 12.3. The maximum atomic E-state index is 12.3. The number of hydrogen-bond donors (Lipinski definition) is 0. The summed E-state index contributed by atoms with van der Waals surface area (Å²) in [5, 5.41) is 0.870. The van der Waals surface area contributed by atoms with E-state index in [1.54, 1.807) is 12.1 Å². The van der Waals surface area contributed by atoms with E-state index in [1.165, 1.54) is 0 Å². The molecule has 0 atom stereocenters. The Kier molecular flexibility index (Phi) is 4.63. The van der Waals surface area contributed by atoms with Gasteiger partial charge in [0.1, 0.15) is 12.2 Å². The lowest BCUT2D eigenvalue weighted by Crippen LogP contribution is -2.11. The fraction of sp³-hybridized carbons (Fsp3) is 0.105. The third-order valence-electron chi connectivity index (χ3n) is 3.55. The Morgan fingerprint density at radius 1 is 1.13 bits per heavy atom. The lowest BCUT2D eigenvalue weighted by atomic mass is 10.1. The van der Waals surface area contributed by atoms with Crippen LogP contribution in [0.2, 0.25) is 0 Å². The van der Waals surface area contributed by atoms with E-state index in [2.05, 4.69) is 22.5 Å². The molecule has 4 heteroatoms. The van der Waals surface area contributed by atoms with Crippen molar-refractivity contribution in [1.29, 1.82) is 0 Å². The molecule has 0 aliphatic rings. The smallest absolute Gasteiger partial charge is 0.379 e. The van der Waals surface area contributed by atoms with Crippen LogP contribution in [0.5, 0.6) is 5.75 Å². The molecule has 0 amide bonds. The Morgan fingerprint density at radius 3 is 2.65 bits per heavy atom. The zero-order chi connectivity index (χ0) is 16.2. The topological polar surface area (TPSA) is 39.4 Å².